The van der Waals surface area contributed by atoms with Gasteiger partial charge >= 0.3 is 0 Å². The Balaban J connectivity index is 1.96. The first-order valence-electron chi connectivity index (χ1n) is 8.28. The molecular formula is C19H25NO. The van der Waals surface area contributed by atoms with E-state index in [1.54, 1.807) is 5.57 Å². The second-order valence-electron chi connectivity index (χ2n) is 5.95. The third kappa shape index (κ3) is 3.21. The minimum absolute atomic E-state index is 0.312. The Morgan fingerprint density at radius 2 is 2.10 bits per heavy atom. The van der Waals surface area contributed by atoms with Gasteiger partial charge in [-0.05, 0) is 44.7 Å². The molecule has 0 saturated heterocycles. The smallest absolute Gasteiger partial charge is 0.134 e. The largest absolute Gasteiger partial charge is 0.464 e. The number of hydrogen-bond acceptors (Lipinski definition) is 2. The average molecular weight is 283 g/mol. The van der Waals surface area contributed by atoms with Crippen LogP contribution in [-0.2, 0) is 0 Å². The number of allylic oxidation sites excluding steroid dienone is 1. The molecule has 1 aliphatic rings. The van der Waals surface area contributed by atoms with Gasteiger partial charge < -0.3 is 9.73 Å². The molecule has 0 saturated carbocycles. The summed E-state index contributed by atoms with van der Waals surface area (Å²) in [6, 6.07) is 8.67. The van der Waals surface area contributed by atoms with Crippen molar-refractivity contribution in [3.05, 3.63) is 47.7 Å². The lowest BCUT2D eigenvalue weighted by atomic mass is 9.94. The van der Waals surface area contributed by atoms with E-state index in [1.807, 2.05) is 12.3 Å². The predicted octanol–water partition coefficient (Wildman–Crippen LogP) is 5.36. The number of hydrogen-bond donors (Lipinski definition) is 1. The first-order chi connectivity index (χ1) is 10.4. The number of nitrogens with one attached hydrogen (secondary N) is 1. The van der Waals surface area contributed by atoms with Crippen molar-refractivity contribution in [1.29, 1.82) is 0 Å². The van der Waals surface area contributed by atoms with Gasteiger partial charge in [-0.2, -0.15) is 0 Å². The molecule has 1 aromatic heterocycles. The quantitative estimate of drug-likeness (QED) is 0.747. The molecule has 0 radical (unpaired) electrons. The van der Waals surface area contributed by atoms with Crippen LogP contribution in [0, 0.1) is 0 Å². The predicted molar refractivity (Wildman–Crippen MR) is 88.4 cm³/mol. The van der Waals surface area contributed by atoms with Crippen molar-refractivity contribution in [3.8, 4) is 0 Å². The van der Waals surface area contributed by atoms with Gasteiger partial charge in [-0.3, -0.25) is 0 Å². The van der Waals surface area contributed by atoms with Gasteiger partial charge in [0.05, 0.1) is 12.3 Å². The first kappa shape index (κ1) is 14.4. The monoisotopic (exact) mass is 283 g/mol. The Labute approximate surface area is 127 Å². The second kappa shape index (κ2) is 6.95. The van der Waals surface area contributed by atoms with Gasteiger partial charge in [0.1, 0.15) is 5.58 Å². The van der Waals surface area contributed by atoms with Crippen molar-refractivity contribution in [2.45, 2.75) is 51.5 Å². The van der Waals surface area contributed by atoms with Crippen LogP contribution in [0.15, 0.2) is 46.6 Å². The van der Waals surface area contributed by atoms with E-state index >= 15 is 0 Å². The summed E-state index contributed by atoms with van der Waals surface area (Å²) in [5, 5.41) is 4.98. The molecule has 2 aromatic rings. The Morgan fingerprint density at radius 3 is 3.00 bits per heavy atom. The molecule has 1 N–H and O–H groups in total. The van der Waals surface area contributed by atoms with Crippen molar-refractivity contribution in [2.75, 3.05) is 6.54 Å². The van der Waals surface area contributed by atoms with Gasteiger partial charge in [-0.25, -0.2) is 0 Å². The molecule has 1 aromatic carbocycles. The molecule has 21 heavy (non-hydrogen) atoms. The molecular weight excluding hydrogens is 258 g/mol. The van der Waals surface area contributed by atoms with E-state index in [1.165, 1.54) is 43.1 Å². The molecule has 0 amide bonds. The van der Waals surface area contributed by atoms with E-state index in [0.717, 1.165) is 18.5 Å². The number of fused-ring (bicyclic) bond motifs is 1. The van der Waals surface area contributed by atoms with E-state index in [4.69, 9.17) is 4.42 Å². The third-order valence-corrected chi connectivity index (χ3v) is 4.37. The highest BCUT2D eigenvalue weighted by Crippen LogP contribution is 2.34. The molecule has 0 bridgehead atoms. The van der Waals surface area contributed by atoms with Gasteiger partial charge in [-0.1, -0.05) is 43.2 Å². The summed E-state index contributed by atoms with van der Waals surface area (Å²) >= 11 is 0. The Morgan fingerprint density at radius 1 is 1.19 bits per heavy atom. The maximum atomic E-state index is 5.76. The Bertz CT molecular complexity index is 611. The zero-order valence-electron chi connectivity index (χ0n) is 12.9. The van der Waals surface area contributed by atoms with Crippen LogP contribution in [0.1, 0.15) is 57.1 Å². The third-order valence-electron chi connectivity index (χ3n) is 4.37. The van der Waals surface area contributed by atoms with Crippen LogP contribution in [0.5, 0.6) is 0 Å². The molecule has 1 heterocycles. The topological polar surface area (TPSA) is 25.2 Å². The fraction of sp³-hybridized carbons (Fsp3) is 0.474. The zero-order chi connectivity index (χ0) is 14.5. The molecule has 0 spiro atoms. The fourth-order valence-corrected chi connectivity index (χ4v) is 3.25. The lowest BCUT2D eigenvalue weighted by Crippen LogP contribution is -2.23. The standard InChI is InChI=1S/C19H25NO/c1-2-13-20-19(15-9-5-3-4-6-10-15)17-14-21-18-12-8-7-11-16(17)18/h7-9,11-12,14,19-20H,2-6,10,13H2,1H3. The number of benzene rings is 1. The van der Waals surface area contributed by atoms with Crippen molar-refractivity contribution in [2.24, 2.45) is 0 Å². The molecule has 112 valence electrons. The van der Waals surface area contributed by atoms with E-state index in [9.17, 15) is 0 Å². The number of para-hydroxylation sites is 1. The van der Waals surface area contributed by atoms with Crippen molar-refractivity contribution < 1.29 is 4.42 Å². The SMILES string of the molecule is CCCNC(C1=CCCCCC1)c1coc2ccccc12. The highest BCUT2D eigenvalue weighted by molar-refractivity contribution is 5.81. The van der Waals surface area contributed by atoms with Gasteiger partial charge in [-0.15, -0.1) is 0 Å². The highest BCUT2D eigenvalue weighted by atomic mass is 16.3. The minimum atomic E-state index is 0.312. The van der Waals surface area contributed by atoms with Crippen molar-refractivity contribution in [1.82, 2.24) is 5.32 Å². The summed E-state index contributed by atoms with van der Waals surface area (Å²) < 4.78 is 5.76. The summed E-state index contributed by atoms with van der Waals surface area (Å²) in [7, 11) is 0. The minimum Gasteiger partial charge on any atom is -0.464 e. The van der Waals surface area contributed by atoms with Crippen LogP contribution < -0.4 is 5.32 Å². The summed E-state index contributed by atoms with van der Waals surface area (Å²) in [5.74, 6) is 0. The second-order valence-corrected chi connectivity index (χ2v) is 5.95. The molecule has 1 unspecified atom stereocenters. The van der Waals surface area contributed by atoms with Crippen LogP contribution >= 0.6 is 0 Å². The van der Waals surface area contributed by atoms with Crippen LogP contribution in [0.4, 0.5) is 0 Å². The summed E-state index contributed by atoms with van der Waals surface area (Å²) in [6.45, 7) is 3.26. The van der Waals surface area contributed by atoms with Gasteiger partial charge in [0.2, 0.25) is 0 Å². The Kier molecular flexibility index (Phi) is 4.76. The van der Waals surface area contributed by atoms with Crippen molar-refractivity contribution in [3.63, 3.8) is 0 Å². The van der Waals surface area contributed by atoms with E-state index in [2.05, 4.69) is 36.5 Å². The van der Waals surface area contributed by atoms with Gasteiger partial charge in [0.25, 0.3) is 0 Å². The number of furan rings is 1. The van der Waals surface area contributed by atoms with Gasteiger partial charge in [0.15, 0.2) is 0 Å². The molecule has 1 aliphatic carbocycles. The van der Waals surface area contributed by atoms with E-state index < -0.39 is 0 Å². The lowest BCUT2D eigenvalue weighted by Gasteiger charge is -2.21. The summed E-state index contributed by atoms with van der Waals surface area (Å²) in [5.41, 5.74) is 3.84. The van der Waals surface area contributed by atoms with Gasteiger partial charge in [0, 0.05) is 10.9 Å². The molecule has 0 aliphatic heterocycles. The average Bonchev–Trinajstić information content (AvgIpc) is 2.75. The summed E-state index contributed by atoms with van der Waals surface area (Å²) in [6.07, 6.45) is 12.0. The van der Waals surface area contributed by atoms with Crippen LogP contribution in [-0.4, -0.2) is 6.54 Å². The number of rotatable bonds is 5. The lowest BCUT2D eigenvalue weighted by molar-refractivity contribution is 0.551. The molecule has 0 fully saturated rings. The maximum Gasteiger partial charge on any atom is 0.134 e. The molecule has 2 nitrogen and oxygen atoms in total. The zero-order valence-corrected chi connectivity index (χ0v) is 12.9. The normalized spacial score (nSPS) is 17.5. The summed E-state index contributed by atoms with van der Waals surface area (Å²) in [4.78, 5) is 0. The van der Waals surface area contributed by atoms with Crippen LogP contribution in [0.2, 0.25) is 0 Å². The van der Waals surface area contributed by atoms with Crippen LogP contribution in [0.25, 0.3) is 11.0 Å². The molecule has 3 rings (SSSR count). The maximum absolute atomic E-state index is 5.76. The van der Waals surface area contributed by atoms with Crippen molar-refractivity contribution >= 4 is 11.0 Å². The Hall–Kier alpha value is -1.54. The highest BCUT2D eigenvalue weighted by Gasteiger charge is 2.21. The van der Waals surface area contributed by atoms with E-state index in [-0.39, 0.29) is 0 Å². The van der Waals surface area contributed by atoms with Crippen LogP contribution in [0.3, 0.4) is 0 Å². The molecule has 1 atom stereocenters. The van der Waals surface area contributed by atoms with E-state index in [0.29, 0.717) is 6.04 Å². The molecule has 2 heteroatoms. The first-order valence-corrected chi connectivity index (χ1v) is 8.28. The fourth-order valence-electron chi connectivity index (χ4n) is 3.25.